The van der Waals surface area contributed by atoms with Gasteiger partial charge in [0.25, 0.3) is 0 Å². The highest BCUT2D eigenvalue weighted by Gasteiger charge is 2.53. The van der Waals surface area contributed by atoms with E-state index in [4.69, 9.17) is 10.8 Å². The Labute approximate surface area is 93.1 Å². The van der Waals surface area contributed by atoms with E-state index in [-0.39, 0.29) is 5.82 Å². The van der Waals surface area contributed by atoms with Gasteiger partial charge in [-0.25, -0.2) is 4.39 Å². The van der Waals surface area contributed by atoms with Crippen molar-refractivity contribution in [2.24, 2.45) is 5.73 Å². The van der Waals surface area contributed by atoms with Crippen LogP contribution >= 0.6 is 0 Å². The van der Waals surface area contributed by atoms with Gasteiger partial charge in [-0.05, 0) is 37.0 Å². The van der Waals surface area contributed by atoms with Gasteiger partial charge in [-0.15, -0.1) is 0 Å². The first-order chi connectivity index (χ1) is 7.47. The summed E-state index contributed by atoms with van der Waals surface area (Å²) in [5.41, 5.74) is 6.20. The van der Waals surface area contributed by atoms with Crippen molar-refractivity contribution < 1.29 is 14.3 Å². The summed E-state index contributed by atoms with van der Waals surface area (Å²) in [6.07, 6.45) is 1.28. The lowest BCUT2D eigenvalue weighted by Crippen LogP contribution is -2.42. The molecule has 0 bridgehead atoms. The van der Waals surface area contributed by atoms with E-state index in [1.165, 1.54) is 6.07 Å². The highest BCUT2D eigenvalue weighted by atomic mass is 19.1. The molecule has 0 amide bonds. The molecule has 0 radical (unpaired) electrons. The van der Waals surface area contributed by atoms with Crippen molar-refractivity contribution in [3.05, 3.63) is 35.1 Å². The largest absolute Gasteiger partial charge is 0.480 e. The van der Waals surface area contributed by atoms with Gasteiger partial charge in [0.2, 0.25) is 0 Å². The van der Waals surface area contributed by atoms with Gasteiger partial charge in [0.15, 0.2) is 0 Å². The third-order valence-corrected chi connectivity index (χ3v) is 3.31. The molecule has 1 unspecified atom stereocenters. The molecule has 0 aliphatic heterocycles. The van der Waals surface area contributed by atoms with Gasteiger partial charge in [-0.1, -0.05) is 12.1 Å². The van der Waals surface area contributed by atoms with Crippen LogP contribution in [0.4, 0.5) is 4.39 Å². The van der Waals surface area contributed by atoms with E-state index in [0.717, 1.165) is 5.56 Å². The predicted octanol–water partition coefficient (Wildman–Crippen LogP) is 1.58. The maximum atomic E-state index is 13.8. The van der Waals surface area contributed by atoms with Crippen LogP contribution in [-0.2, 0) is 10.2 Å². The lowest BCUT2D eigenvalue weighted by molar-refractivity contribution is -0.139. The van der Waals surface area contributed by atoms with Gasteiger partial charge >= 0.3 is 5.97 Å². The Morgan fingerprint density at radius 1 is 1.56 bits per heavy atom. The SMILES string of the molecule is Cc1ccc(C2(C(N)C(=O)O)CC2)c(F)c1. The van der Waals surface area contributed by atoms with Crippen molar-refractivity contribution in [2.75, 3.05) is 0 Å². The number of rotatable bonds is 3. The van der Waals surface area contributed by atoms with Gasteiger partial charge in [0.1, 0.15) is 11.9 Å². The smallest absolute Gasteiger partial charge is 0.321 e. The second-order valence-corrected chi connectivity index (χ2v) is 4.46. The zero-order valence-electron chi connectivity index (χ0n) is 9.03. The summed E-state index contributed by atoms with van der Waals surface area (Å²) in [4.78, 5) is 10.9. The zero-order chi connectivity index (χ0) is 11.9. The molecule has 1 aromatic rings. The maximum absolute atomic E-state index is 13.8. The third-order valence-electron chi connectivity index (χ3n) is 3.31. The molecule has 86 valence electrons. The lowest BCUT2D eigenvalue weighted by Gasteiger charge is -2.20. The highest BCUT2D eigenvalue weighted by molar-refractivity contribution is 5.77. The first kappa shape index (κ1) is 11.1. The normalized spacial score (nSPS) is 19.2. The van der Waals surface area contributed by atoms with Crippen LogP contribution in [0.1, 0.15) is 24.0 Å². The third kappa shape index (κ3) is 1.59. The van der Waals surface area contributed by atoms with Crippen LogP contribution in [0, 0.1) is 12.7 Å². The van der Waals surface area contributed by atoms with Crippen molar-refractivity contribution in [1.29, 1.82) is 0 Å². The molecule has 2 rings (SSSR count). The number of carboxylic acid groups (broad SMARTS) is 1. The summed E-state index contributed by atoms with van der Waals surface area (Å²) in [6.45, 7) is 1.80. The van der Waals surface area contributed by atoms with Crippen molar-refractivity contribution in [3.8, 4) is 0 Å². The Balaban J connectivity index is 2.40. The van der Waals surface area contributed by atoms with E-state index in [9.17, 15) is 9.18 Å². The van der Waals surface area contributed by atoms with Crippen molar-refractivity contribution in [3.63, 3.8) is 0 Å². The van der Waals surface area contributed by atoms with Crippen LogP contribution < -0.4 is 5.73 Å². The fourth-order valence-corrected chi connectivity index (χ4v) is 2.14. The molecule has 1 fully saturated rings. The Morgan fingerprint density at radius 2 is 2.19 bits per heavy atom. The van der Waals surface area contributed by atoms with E-state index >= 15 is 0 Å². The molecular weight excluding hydrogens is 209 g/mol. The van der Waals surface area contributed by atoms with Crippen LogP contribution in [0.15, 0.2) is 18.2 Å². The van der Waals surface area contributed by atoms with E-state index in [0.29, 0.717) is 18.4 Å². The summed E-state index contributed by atoms with van der Waals surface area (Å²) in [7, 11) is 0. The summed E-state index contributed by atoms with van der Waals surface area (Å²) >= 11 is 0. The average Bonchev–Trinajstić information content (AvgIpc) is 2.97. The van der Waals surface area contributed by atoms with Crippen LogP contribution in [0.3, 0.4) is 0 Å². The van der Waals surface area contributed by atoms with E-state index < -0.39 is 17.4 Å². The van der Waals surface area contributed by atoms with Crippen molar-refractivity contribution in [2.45, 2.75) is 31.2 Å². The number of nitrogens with two attached hydrogens (primary N) is 1. The first-order valence-corrected chi connectivity index (χ1v) is 5.22. The molecule has 0 heterocycles. The number of carboxylic acids is 1. The van der Waals surface area contributed by atoms with Gasteiger partial charge in [-0.3, -0.25) is 4.79 Å². The van der Waals surface area contributed by atoms with Gasteiger partial charge in [-0.2, -0.15) is 0 Å². The molecule has 16 heavy (non-hydrogen) atoms. The minimum atomic E-state index is -1.07. The van der Waals surface area contributed by atoms with Crippen LogP contribution in [0.25, 0.3) is 0 Å². The monoisotopic (exact) mass is 223 g/mol. The Morgan fingerprint density at radius 3 is 2.62 bits per heavy atom. The lowest BCUT2D eigenvalue weighted by atomic mass is 9.87. The highest BCUT2D eigenvalue weighted by Crippen LogP contribution is 2.51. The average molecular weight is 223 g/mol. The van der Waals surface area contributed by atoms with Crippen LogP contribution in [0.5, 0.6) is 0 Å². The number of aryl methyl sites for hydroxylation is 1. The van der Waals surface area contributed by atoms with E-state index in [2.05, 4.69) is 0 Å². The van der Waals surface area contributed by atoms with E-state index in [1.54, 1.807) is 19.1 Å². The second kappa shape index (κ2) is 3.56. The first-order valence-electron chi connectivity index (χ1n) is 5.22. The minimum Gasteiger partial charge on any atom is -0.480 e. The van der Waals surface area contributed by atoms with E-state index in [1.807, 2.05) is 0 Å². The molecule has 1 atom stereocenters. The summed E-state index contributed by atoms with van der Waals surface area (Å²) in [5, 5.41) is 8.92. The Hall–Kier alpha value is -1.42. The molecule has 1 aromatic carbocycles. The molecular formula is C12H14FNO2. The number of benzene rings is 1. The molecule has 1 aliphatic rings. The number of hydrogen-bond acceptors (Lipinski definition) is 2. The molecule has 0 aromatic heterocycles. The van der Waals surface area contributed by atoms with Gasteiger partial charge < -0.3 is 10.8 Å². The predicted molar refractivity (Wildman–Crippen MR) is 57.7 cm³/mol. The topological polar surface area (TPSA) is 63.3 Å². The Kier molecular flexibility index (Phi) is 2.46. The number of carbonyl (C=O) groups is 1. The number of aliphatic carboxylic acids is 1. The van der Waals surface area contributed by atoms with Crippen molar-refractivity contribution >= 4 is 5.97 Å². The van der Waals surface area contributed by atoms with Gasteiger partial charge in [0.05, 0.1) is 0 Å². The summed E-state index contributed by atoms with van der Waals surface area (Å²) in [6, 6.07) is 3.84. The van der Waals surface area contributed by atoms with Crippen LogP contribution in [0.2, 0.25) is 0 Å². The second-order valence-electron chi connectivity index (χ2n) is 4.46. The fourth-order valence-electron chi connectivity index (χ4n) is 2.14. The summed E-state index contributed by atoms with van der Waals surface area (Å²) < 4.78 is 13.8. The molecule has 3 nitrogen and oxygen atoms in total. The molecule has 1 saturated carbocycles. The zero-order valence-corrected chi connectivity index (χ0v) is 9.03. The maximum Gasteiger partial charge on any atom is 0.321 e. The van der Waals surface area contributed by atoms with Crippen molar-refractivity contribution in [1.82, 2.24) is 0 Å². The fraction of sp³-hybridized carbons (Fsp3) is 0.417. The number of hydrogen-bond donors (Lipinski definition) is 2. The molecule has 3 N–H and O–H groups in total. The number of halogens is 1. The quantitative estimate of drug-likeness (QED) is 0.817. The van der Waals surface area contributed by atoms with Crippen LogP contribution in [-0.4, -0.2) is 17.1 Å². The Bertz CT molecular complexity index is 441. The molecule has 1 aliphatic carbocycles. The van der Waals surface area contributed by atoms with Gasteiger partial charge in [0, 0.05) is 5.41 Å². The summed E-state index contributed by atoms with van der Waals surface area (Å²) in [5.74, 6) is -1.42. The molecule has 0 spiro atoms. The standard InChI is InChI=1S/C12H14FNO2/c1-7-2-3-8(9(13)6-7)12(4-5-12)10(14)11(15)16/h2-3,6,10H,4-5,14H2,1H3,(H,15,16). The minimum absolute atomic E-state index is 0.353. The molecule has 4 heteroatoms. The molecule has 0 saturated heterocycles.